The van der Waals surface area contributed by atoms with Crippen molar-refractivity contribution in [3.8, 4) is 0 Å². The Bertz CT molecular complexity index is 218. The summed E-state index contributed by atoms with van der Waals surface area (Å²) < 4.78 is 24.8. The fourth-order valence-electron chi connectivity index (χ4n) is 1.13. The normalized spacial score (nSPS) is 12.8. The second kappa shape index (κ2) is 5.60. The lowest BCUT2D eigenvalue weighted by Crippen LogP contribution is -2.33. The van der Waals surface area contributed by atoms with Crippen molar-refractivity contribution in [2.75, 3.05) is 18.8 Å². The van der Waals surface area contributed by atoms with Crippen molar-refractivity contribution in [2.24, 2.45) is 5.92 Å². The van der Waals surface area contributed by atoms with E-state index in [1.807, 2.05) is 27.7 Å². The van der Waals surface area contributed by atoms with Crippen LogP contribution in [-0.4, -0.2) is 31.6 Å². The molecule has 0 aliphatic carbocycles. The fraction of sp³-hybridized carbons (Fsp3) is 1.00. The summed E-state index contributed by atoms with van der Waals surface area (Å²) in [5.41, 5.74) is 0. The Labute approximate surface area is 82.2 Å². The summed E-state index contributed by atoms with van der Waals surface area (Å²) in [5, 5.41) is 0. The molecule has 80 valence electrons. The third kappa shape index (κ3) is 4.62. The molecule has 0 amide bonds. The van der Waals surface area contributed by atoms with Crippen LogP contribution in [0.4, 0.5) is 0 Å². The Hall–Kier alpha value is -0.0900. The first-order valence-electron chi connectivity index (χ1n) is 4.91. The fourth-order valence-corrected chi connectivity index (χ4v) is 2.94. The average molecular weight is 207 g/mol. The maximum Gasteiger partial charge on any atom is 0.214 e. The summed E-state index contributed by atoms with van der Waals surface area (Å²) in [7, 11) is -2.98. The first-order chi connectivity index (χ1) is 5.94. The minimum absolute atomic E-state index is 0.284. The molecule has 0 unspecified atom stereocenters. The molecule has 0 saturated heterocycles. The van der Waals surface area contributed by atoms with Gasteiger partial charge < -0.3 is 0 Å². The van der Waals surface area contributed by atoms with Gasteiger partial charge in [0.1, 0.15) is 0 Å². The summed E-state index contributed by atoms with van der Waals surface area (Å²) in [4.78, 5) is 0. The van der Waals surface area contributed by atoms with Crippen molar-refractivity contribution in [3.05, 3.63) is 0 Å². The van der Waals surface area contributed by atoms with E-state index in [2.05, 4.69) is 0 Å². The highest BCUT2D eigenvalue weighted by atomic mass is 32.2. The number of hydrogen-bond donors (Lipinski definition) is 0. The minimum atomic E-state index is -2.98. The number of sulfonamides is 1. The molecule has 4 heteroatoms. The van der Waals surface area contributed by atoms with Gasteiger partial charge in [-0.05, 0) is 12.3 Å². The smallest absolute Gasteiger partial charge is 0.212 e. The van der Waals surface area contributed by atoms with Gasteiger partial charge in [-0.15, -0.1) is 0 Å². The molecule has 0 spiro atoms. The zero-order valence-electron chi connectivity index (χ0n) is 9.08. The van der Waals surface area contributed by atoms with E-state index in [-0.39, 0.29) is 5.75 Å². The standard InChI is InChI=1S/C9H21NO2S/c1-5-10(6-2)13(11,12)8-7-9(3)4/h9H,5-8H2,1-4H3. The summed E-state index contributed by atoms with van der Waals surface area (Å²) >= 11 is 0. The zero-order chi connectivity index (χ0) is 10.5. The van der Waals surface area contributed by atoms with Gasteiger partial charge in [0.05, 0.1) is 5.75 Å². The first kappa shape index (κ1) is 12.9. The summed E-state index contributed by atoms with van der Waals surface area (Å²) in [5.74, 6) is 0.733. The highest BCUT2D eigenvalue weighted by Gasteiger charge is 2.18. The van der Waals surface area contributed by atoms with E-state index in [0.717, 1.165) is 6.42 Å². The van der Waals surface area contributed by atoms with Crippen molar-refractivity contribution in [3.63, 3.8) is 0 Å². The largest absolute Gasteiger partial charge is 0.214 e. The van der Waals surface area contributed by atoms with Gasteiger partial charge in [0.15, 0.2) is 0 Å². The minimum Gasteiger partial charge on any atom is -0.212 e. The van der Waals surface area contributed by atoms with Gasteiger partial charge in [0.25, 0.3) is 0 Å². The lowest BCUT2D eigenvalue weighted by molar-refractivity contribution is 0.440. The second-order valence-electron chi connectivity index (χ2n) is 3.58. The lowest BCUT2D eigenvalue weighted by Gasteiger charge is -2.18. The molecule has 0 aromatic rings. The van der Waals surface area contributed by atoms with Gasteiger partial charge >= 0.3 is 0 Å². The Morgan fingerprint density at radius 1 is 1.15 bits per heavy atom. The van der Waals surface area contributed by atoms with Gasteiger partial charge in [0.2, 0.25) is 10.0 Å². The molecule has 13 heavy (non-hydrogen) atoms. The predicted molar refractivity (Wildman–Crippen MR) is 56.2 cm³/mol. The van der Waals surface area contributed by atoms with Crippen LogP contribution in [-0.2, 0) is 10.0 Å². The zero-order valence-corrected chi connectivity index (χ0v) is 9.89. The van der Waals surface area contributed by atoms with Gasteiger partial charge in [-0.3, -0.25) is 0 Å². The third-order valence-electron chi connectivity index (χ3n) is 2.05. The molecular weight excluding hydrogens is 186 g/mol. The molecule has 0 rings (SSSR count). The molecule has 0 saturated carbocycles. The van der Waals surface area contributed by atoms with Crippen LogP contribution in [0.2, 0.25) is 0 Å². The molecule has 3 nitrogen and oxygen atoms in total. The third-order valence-corrected chi connectivity index (χ3v) is 4.11. The SMILES string of the molecule is CCN(CC)S(=O)(=O)CCC(C)C. The van der Waals surface area contributed by atoms with Crippen LogP contribution < -0.4 is 0 Å². The highest BCUT2D eigenvalue weighted by Crippen LogP contribution is 2.07. The van der Waals surface area contributed by atoms with E-state index in [4.69, 9.17) is 0 Å². The van der Waals surface area contributed by atoms with E-state index in [1.54, 1.807) is 0 Å². The average Bonchev–Trinajstić information content (AvgIpc) is 2.03. The molecule has 0 aliphatic rings. The van der Waals surface area contributed by atoms with E-state index >= 15 is 0 Å². The van der Waals surface area contributed by atoms with E-state index in [0.29, 0.717) is 19.0 Å². The topological polar surface area (TPSA) is 37.4 Å². The molecule has 0 aromatic carbocycles. The van der Waals surface area contributed by atoms with Crippen LogP contribution in [0.3, 0.4) is 0 Å². The number of hydrogen-bond acceptors (Lipinski definition) is 2. The van der Waals surface area contributed by atoms with Gasteiger partial charge in [-0.2, -0.15) is 0 Å². The Balaban J connectivity index is 4.22. The lowest BCUT2D eigenvalue weighted by atomic mass is 10.2. The molecule has 0 aliphatic heterocycles. The predicted octanol–water partition coefficient (Wildman–Crippen LogP) is 1.70. The van der Waals surface area contributed by atoms with Crippen LogP contribution in [0.1, 0.15) is 34.1 Å². The number of rotatable bonds is 6. The van der Waals surface area contributed by atoms with Crippen LogP contribution in [0.25, 0.3) is 0 Å². The Morgan fingerprint density at radius 3 is 1.92 bits per heavy atom. The Kier molecular flexibility index (Phi) is 5.56. The molecule has 0 N–H and O–H groups in total. The molecule has 0 heterocycles. The van der Waals surface area contributed by atoms with Gasteiger partial charge in [0, 0.05) is 13.1 Å². The van der Waals surface area contributed by atoms with Crippen molar-refractivity contribution < 1.29 is 8.42 Å². The van der Waals surface area contributed by atoms with Crippen molar-refractivity contribution >= 4 is 10.0 Å². The van der Waals surface area contributed by atoms with Crippen LogP contribution in [0, 0.1) is 5.92 Å². The highest BCUT2D eigenvalue weighted by molar-refractivity contribution is 7.89. The molecule has 0 atom stereocenters. The van der Waals surface area contributed by atoms with E-state index in [9.17, 15) is 8.42 Å². The molecule has 0 aromatic heterocycles. The molecule has 0 fully saturated rings. The monoisotopic (exact) mass is 207 g/mol. The maximum absolute atomic E-state index is 11.6. The van der Waals surface area contributed by atoms with Gasteiger partial charge in [-0.25, -0.2) is 12.7 Å². The van der Waals surface area contributed by atoms with Crippen LogP contribution in [0.15, 0.2) is 0 Å². The van der Waals surface area contributed by atoms with Crippen molar-refractivity contribution in [1.29, 1.82) is 0 Å². The molecular formula is C9H21NO2S. The molecule has 0 bridgehead atoms. The molecule has 0 radical (unpaired) electrons. The van der Waals surface area contributed by atoms with Crippen LogP contribution >= 0.6 is 0 Å². The quantitative estimate of drug-likeness (QED) is 0.665. The van der Waals surface area contributed by atoms with E-state index < -0.39 is 10.0 Å². The van der Waals surface area contributed by atoms with E-state index in [1.165, 1.54) is 4.31 Å². The second-order valence-corrected chi connectivity index (χ2v) is 5.67. The maximum atomic E-state index is 11.6. The number of nitrogens with zero attached hydrogens (tertiary/aromatic N) is 1. The summed E-state index contributed by atoms with van der Waals surface area (Å²) in [6.45, 7) is 8.98. The Morgan fingerprint density at radius 2 is 1.62 bits per heavy atom. The van der Waals surface area contributed by atoms with Crippen LogP contribution in [0.5, 0.6) is 0 Å². The van der Waals surface area contributed by atoms with Crippen molar-refractivity contribution in [1.82, 2.24) is 4.31 Å². The summed E-state index contributed by atoms with van der Waals surface area (Å²) in [6, 6.07) is 0. The van der Waals surface area contributed by atoms with Crippen molar-refractivity contribution in [2.45, 2.75) is 34.1 Å². The summed E-state index contributed by atoms with van der Waals surface area (Å²) in [6.07, 6.45) is 0.749. The van der Waals surface area contributed by atoms with Gasteiger partial charge in [-0.1, -0.05) is 27.7 Å². The first-order valence-corrected chi connectivity index (χ1v) is 6.52.